The summed E-state index contributed by atoms with van der Waals surface area (Å²) in [5, 5.41) is 19.9. The van der Waals surface area contributed by atoms with E-state index in [2.05, 4.69) is 15.5 Å². The van der Waals surface area contributed by atoms with Crippen molar-refractivity contribution < 1.29 is 28.6 Å². The molecule has 148 valence electrons. The van der Waals surface area contributed by atoms with Crippen molar-refractivity contribution in [3.63, 3.8) is 0 Å². The number of carbonyl (C=O) groups excluding carboxylic acids is 2. The summed E-state index contributed by atoms with van der Waals surface area (Å²) in [6.07, 6.45) is -0.983. The van der Waals surface area contributed by atoms with E-state index in [9.17, 15) is 18.8 Å². The first-order valence-corrected chi connectivity index (χ1v) is 9.22. The van der Waals surface area contributed by atoms with Gasteiger partial charge in [0.2, 0.25) is 5.91 Å². The number of carboxylic acids is 1. The van der Waals surface area contributed by atoms with Gasteiger partial charge >= 0.3 is 12.1 Å². The maximum Gasteiger partial charge on any atom is 0.414 e. The van der Waals surface area contributed by atoms with E-state index in [1.807, 2.05) is 0 Å². The molecule has 2 heterocycles. The van der Waals surface area contributed by atoms with Crippen LogP contribution < -0.4 is 10.2 Å². The zero-order chi connectivity index (χ0) is 20.3. The summed E-state index contributed by atoms with van der Waals surface area (Å²) >= 11 is 1.12. The second-order valence-electron chi connectivity index (χ2n) is 6.11. The van der Waals surface area contributed by atoms with Gasteiger partial charge in [-0.2, -0.15) is 0 Å². The zero-order valence-corrected chi connectivity index (χ0v) is 15.7. The van der Waals surface area contributed by atoms with Crippen molar-refractivity contribution >= 4 is 35.0 Å². The normalized spacial score (nSPS) is 16.1. The number of halogens is 1. The van der Waals surface area contributed by atoms with Gasteiger partial charge in [0.1, 0.15) is 16.9 Å². The summed E-state index contributed by atoms with van der Waals surface area (Å²) in [6.45, 7) is 1.74. The first kappa shape index (κ1) is 19.7. The summed E-state index contributed by atoms with van der Waals surface area (Å²) in [6, 6.07) is 4.26. The van der Waals surface area contributed by atoms with Gasteiger partial charge in [-0.25, -0.2) is 9.18 Å². The highest BCUT2D eigenvalue weighted by atomic mass is 32.1. The van der Waals surface area contributed by atoms with Gasteiger partial charge in [0, 0.05) is 18.9 Å². The van der Waals surface area contributed by atoms with Crippen LogP contribution in [0.1, 0.15) is 18.4 Å². The first-order chi connectivity index (χ1) is 13.3. The summed E-state index contributed by atoms with van der Waals surface area (Å²) in [4.78, 5) is 34.9. The molecule has 1 aromatic carbocycles. The predicted molar refractivity (Wildman–Crippen MR) is 97.6 cm³/mol. The Hall–Kier alpha value is -3.08. The maximum atomic E-state index is 14.6. The number of nitrogens with one attached hydrogen (secondary N) is 1. The van der Waals surface area contributed by atoms with Crippen molar-refractivity contribution in [1.29, 1.82) is 0 Å². The standard InChI is InChI=1S/C17H17FN4O5S/c1-9(23)19-7-11-8-22(17(26)27-11)10-2-3-12(13(18)6-10)16-21-20-14(28-16)4-5-15(24)25/h2-3,6,11H,4-5,7-8H2,1H3,(H,19,23)(H,24,25). The lowest BCUT2D eigenvalue weighted by atomic mass is 10.2. The minimum Gasteiger partial charge on any atom is -0.481 e. The Morgan fingerprint density at radius 3 is 2.89 bits per heavy atom. The zero-order valence-electron chi connectivity index (χ0n) is 14.8. The van der Waals surface area contributed by atoms with E-state index in [0.29, 0.717) is 15.7 Å². The van der Waals surface area contributed by atoms with Gasteiger partial charge in [0.15, 0.2) is 5.01 Å². The van der Waals surface area contributed by atoms with E-state index in [0.717, 1.165) is 11.3 Å². The maximum absolute atomic E-state index is 14.6. The number of cyclic esters (lactones) is 1. The van der Waals surface area contributed by atoms with Gasteiger partial charge in [-0.3, -0.25) is 14.5 Å². The molecule has 2 aromatic rings. The number of ether oxygens (including phenoxy) is 1. The number of aryl methyl sites for hydroxylation is 1. The fourth-order valence-electron chi connectivity index (χ4n) is 2.62. The van der Waals surface area contributed by atoms with E-state index in [-0.39, 0.29) is 37.4 Å². The number of benzene rings is 1. The van der Waals surface area contributed by atoms with Gasteiger partial charge < -0.3 is 15.2 Å². The Kier molecular flexibility index (Phi) is 5.83. The Bertz CT molecular complexity index is 919. The van der Waals surface area contributed by atoms with Crippen LogP contribution in [-0.4, -0.2) is 52.5 Å². The SMILES string of the molecule is CC(=O)NCC1CN(c2ccc(-c3nnc(CCC(=O)O)s3)c(F)c2)C(=O)O1. The number of hydrogen-bond acceptors (Lipinski definition) is 7. The monoisotopic (exact) mass is 408 g/mol. The highest BCUT2D eigenvalue weighted by Crippen LogP contribution is 2.31. The number of anilines is 1. The lowest BCUT2D eigenvalue weighted by molar-refractivity contribution is -0.137. The van der Waals surface area contributed by atoms with Crippen molar-refractivity contribution in [3.05, 3.63) is 29.0 Å². The van der Waals surface area contributed by atoms with Crippen LogP contribution in [0.3, 0.4) is 0 Å². The van der Waals surface area contributed by atoms with Gasteiger partial charge in [0.05, 0.1) is 25.2 Å². The van der Waals surface area contributed by atoms with E-state index >= 15 is 0 Å². The third-order valence-electron chi connectivity index (χ3n) is 3.97. The molecule has 2 amide bonds. The van der Waals surface area contributed by atoms with E-state index in [4.69, 9.17) is 9.84 Å². The summed E-state index contributed by atoms with van der Waals surface area (Å²) < 4.78 is 19.8. The van der Waals surface area contributed by atoms with Gasteiger partial charge in [0.25, 0.3) is 0 Å². The van der Waals surface area contributed by atoms with Crippen molar-refractivity contribution in [3.8, 4) is 10.6 Å². The molecule has 28 heavy (non-hydrogen) atoms. The summed E-state index contributed by atoms with van der Waals surface area (Å²) in [5.41, 5.74) is 0.539. The third kappa shape index (κ3) is 4.60. The number of carbonyl (C=O) groups is 3. The summed E-state index contributed by atoms with van der Waals surface area (Å²) in [7, 11) is 0. The highest BCUT2D eigenvalue weighted by Gasteiger charge is 2.32. The molecule has 1 aromatic heterocycles. The molecule has 1 aliphatic heterocycles. The van der Waals surface area contributed by atoms with Crippen LogP contribution in [0.5, 0.6) is 0 Å². The van der Waals surface area contributed by atoms with Crippen LogP contribution in [0.2, 0.25) is 0 Å². The fourth-order valence-corrected chi connectivity index (χ4v) is 3.49. The van der Waals surface area contributed by atoms with Crippen LogP contribution in [0, 0.1) is 5.82 Å². The molecule has 2 N–H and O–H groups in total. The number of rotatable bonds is 7. The van der Waals surface area contributed by atoms with Crippen LogP contribution in [0.4, 0.5) is 14.9 Å². The Morgan fingerprint density at radius 1 is 1.43 bits per heavy atom. The number of aromatic nitrogens is 2. The van der Waals surface area contributed by atoms with E-state index in [1.165, 1.54) is 24.0 Å². The molecule has 1 saturated heterocycles. The number of carboxylic acid groups (broad SMARTS) is 1. The largest absolute Gasteiger partial charge is 0.481 e. The number of hydrogen-bond donors (Lipinski definition) is 2. The molecule has 1 fully saturated rings. The van der Waals surface area contributed by atoms with Crippen LogP contribution in [-0.2, 0) is 20.7 Å². The molecule has 0 aliphatic carbocycles. The third-order valence-corrected chi connectivity index (χ3v) is 4.98. The first-order valence-electron chi connectivity index (χ1n) is 8.40. The van der Waals surface area contributed by atoms with Gasteiger partial charge in [-0.15, -0.1) is 10.2 Å². The molecule has 1 unspecified atom stereocenters. The number of nitrogens with zero attached hydrogens (tertiary/aromatic N) is 3. The predicted octanol–water partition coefficient (Wildman–Crippen LogP) is 1.82. The average Bonchev–Trinajstić information content (AvgIpc) is 3.24. The van der Waals surface area contributed by atoms with Crippen LogP contribution in [0.15, 0.2) is 18.2 Å². The van der Waals surface area contributed by atoms with E-state index < -0.39 is 24.0 Å². The van der Waals surface area contributed by atoms with Crippen molar-refractivity contribution in [2.75, 3.05) is 18.0 Å². The highest BCUT2D eigenvalue weighted by molar-refractivity contribution is 7.14. The molecule has 0 bridgehead atoms. The molecule has 9 nitrogen and oxygen atoms in total. The molecule has 1 atom stereocenters. The van der Waals surface area contributed by atoms with Crippen molar-refractivity contribution in [1.82, 2.24) is 15.5 Å². The smallest absolute Gasteiger partial charge is 0.414 e. The van der Waals surface area contributed by atoms with Gasteiger partial charge in [-0.05, 0) is 18.2 Å². The lowest BCUT2D eigenvalue weighted by Crippen LogP contribution is -2.33. The fraction of sp³-hybridized carbons (Fsp3) is 0.353. The quantitative estimate of drug-likeness (QED) is 0.717. The molecule has 3 rings (SSSR count). The molecule has 0 saturated carbocycles. The minimum absolute atomic E-state index is 0.0766. The van der Waals surface area contributed by atoms with Gasteiger partial charge in [-0.1, -0.05) is 11.3 Å². The molecular formula is C17H17FN4O5S. The van der Waals surface area contributed by atoms with E-state index in [1.54, 1.807) is 6.07 Å². The topological polar surface area (TPSA) is 122 Å². The molecule has 1 aliphatic rings. The second kappa shape index (κ2) is 8.30. The Morgan fingerprint density at radius 2 is 2.21 bits per heavy atom. The van der Waals surface area contributed by atoms with Crippen LogP contribution >= 0.6 is 11.3 Å². The number of amides is 2. The molecule has 0 spiro atoms. The van der Waals surface area contributed by atoms with Crippen molar-refractivity contribution in [2.45, 2.75) is 25.9 Å². The second-order valence-corrected chi connectivity index (χ2v) is 7.17. The Balaban J connectivity index is 1.71. The van der Waals surface area contributed by atoms with Crippen LogP contribution in [0.25, 0.3) is 10.6 Å². The summed E-state index contributed by atoms with van der Waals surface area (Å²) in [5.74, 6) is -1.76. The average molecular weight is 408 g/mol. The molecule has 0 radical (unpaired) electrons. The number of aliphatic carboxylic acids is 1. The lowest BCUT2D eigenvalue weighted by Gasteiger charge is -2.14. The molecule has 11 heteroatoms. The minimum atomic E-state index is -0.943. The van der Waals surface area contributed by atoms with Crippen molar-refractivity contribution in [2.24, 2.45) is 0 Å². The Labute approximate surface area is 163 Å². The molecular weight excluding hydrogens is 391 g/mol.